The topological polar surface area (TPSA) is 70.9 Å². The number of hydrogen-bond acceptors (Lipinski definition) is 2. The van der Waals surface area contributed by atoms with Crippen molar-refractivity contribution in [2.75, 3.05) is 6.54 Å². The van der Waals surface area contributed by atoms with Gasteiger partial charge in [0.25, 0.3) is 5.91 Å². The monoisotopic (exact) mass is 259 g/mol. The van der Waals surface area contributed by atoms with Crippen LogP contribution in [0.3, 0.4) is 0 Å². The zero-order valence-electron chi connectivity index (χ0n) is 10.6. The SMILES string of the molecule is CC(C)CC(C)(CN)NC(=O)c1ccc[nH]1.Cl. The molecular formula is C12H22ClN3O. The molecule has 0 bridgehead atoms. The smallest absolute Gasteiger partial charge is 0.268 e. The van der Waals surface area contributed by atoms with Crippen molar-refractivity contribution in [2.24, 2.45) is 11.7 Å². The van der Waals surface area contributed by atoms with Gasteiger partial charge >= 0.3 is 0 Å². The van der Waals surface area contributed by atoms with Crippen LogP contribution in [0.5, 0.6) is 0 Å². The van der Waals surface area contributed by atoms with Gasteiger partial charge in [-0.1, -0.05) is 13.8 Å². The highest BCUT2D eigenvalue weighted by molar-refractivity contribution is 5.92. The summed E-state index contributed by atoms with van der Waals surface area (Å²) < 4.78 is 0. The molecule has 0 aromatic carbocycles. The van der Waals surface area contributed by atoms with Gasteiger partial charge in [0.05, 0.1) is 5.54 Å². The van der Waals surface area contributed by atoms with Crippen molar-refractivity contribution in [1.82, 2.24) is 10.3 Å². The third kappa shape index (κ3) is 4.79. The van der Waals surface area contributed by atoms with Gasteiger partial charge in [-0.3, -0.25) is 4.79 Å². The van der Waals surface area contributed by atoms with Crippen LogP contribution in [0, 0.1) is 5.92 Å². The Kier molecular flexibility index (Phi) is 6.27. The van der Waals surface area contributed by atoms with Gasteiger partial charge in [0.1, 0.15) is 5.69 Å². The molecule has 1 aromatic rings. The van der Waals surface area contributed by atoms with E-state index >= 15 is 0 Å². The lowest BCUT2D eigenvalue weighted by Crippen LogP contribution is -2.52. The summed E-state index contributed by atoms with van der Waals surface area (Å²) in [5, 5.41) is 2.98. The molecule has 0 saturated carbocycles. The van der Waals surface area contributed by atoms with Crippen molar-refractivity contribution in [3.05, 3.63) is 24.0 Å². The second kappa shape index (κ2) is 6.67. The number of hydrogen-bond donors (Lipinski definition) is 3. The van der Waals surface area contributed by atoms with Crippen molar-refractivity contribution in [3.8, 4) is 0 Å². The molecule has 0 fully saturated rings. The van der Waals surface area contributed by atoms with Crippen molar-refractivity contribution >= 4 is 18.3 Å². The van der Waals surface area contributed by atoms with Crippen LogP contribution in [0.25, 0.3) is 0 Å². The molecule has 1 heterocycles. The van der Waals surface area contributed by atoms with Crippen LogP contribution in [0.15, 0.2) is 18.3 Å². The first-order valence-corrected chi connectivity index (χ1v) is 5.63. The number of aromatic nitrogens is 1. The van der Waals surface area contributed by atoms with Crippen LogP contribution in [0.2, 0.25) is 0 Å². The molecule has 0 aliphatic heterocycles. The fourth-order valence-electron chi connectivity index (χ4n) is 1.90. The summed E-state index contributed by atoms with van der Waals surface area (Å²) in [4.78, 5) is 14.7. The molecule has 0 aliphatic rings. The molecule has 4 N–H and O–H groups in total. The van der Waals surface area contributed by atoms with Crippen LogP contribution in [-0.2, 0) is 0 Å². The van der Waals surface area contributed by atoms with Crippen LogP contribution < -0.4 is 11.1 Å². The van der Waals surface area contributed by atoms with E-state index in [2.05, 4.69) is 24.1 Å². The Labute approximate surface area is 109 Å². The summed E-state index contributed by atoms with van der Waals surface area (Å²) in [5.41, 5.74) is 5.97. The molecule has 1 atom stereocenters. The summed E-state index contributed by atoms with van der Waals surface area (Å²) >= 11 is 0. The van der Waals surface area contributed by atoms with E-state index < -0.39 is 0 Å². The average Bonchev–Trinajstić information content (AvgIpc) is 2.69. The lowest BCUT2D eigenvalue weighted by atomic mass is 9.90. The Bertz CT molecular complexity index is 338. The fourth-order valence-corrected chi connectivity index (χ4v) is 1.90. The van der Waals surface area contributed by atoms with Crippen molar-refractivity contribution < 1.29 is 4.79 Å². The zero-order chi connectivity index (χ0) is 12.2. The third-order valence-electron chi connectivity index (χ3n) is 2.57. The predicted molar refractivity (Wildman–Crippen MR) is 72.4 cm³/mol. The maximum atomic E-state index is 11.9. The minimum atomic E-state index is -0.337. The van der Waals surface area contributed by atoms with Gasteiger partial charge in [-0.05, 0) is 31.4 Å². The third-order valence-corrected chi connectivity index (χ3v) is 2.57. The van der Waals surface area contributed by atoms with Gasteiger partial charge in [-0.15, -0.1) is 12.4 Å². The van der Waals surface area contributed by atoms with E-state index in [-0.39, 0.29) is 23.9 Å². The highest BCUT2D eigenvalue weighted by Crippen LogP contribution is 2.15. The van der Waals surface area contributed by atoms with Crippen LogP contribution in [-0.4, -0.2) is 23.0 Å². The lowest BCUT2D eigenvalue weighted by molar-refractivity contribution is 0.0893. The summed E-state index contributed by atoms with van der Waals surface area (Å²) in [7, 11) is 0. The molecule has 5 heteroatoms. The van der Waals surface area contributed by atoms with Crippen LogP contribution in [0.1, 0.15) is 37.7 Å². The molecular weight excluding hydrogens is 238 g/mol. The largest absolute Gasteiger partial charge is 0.357 e. The number of amides is 1. The Balaban J connectivity index is 0.00000256. The van der Waals surface area contributed by atoms with Gasteiger partial charge in [0, 0.05) is 12.7 Å². The first-order valence-electron chi connectivity index (χ1n) is 5.63. The number of H-pyrrole nitrogens is 1. The second-order valence-electron chi connectivity index (χ2n) is 4.90. The molecule has 4 nitrogen and oxygen atoms in total. The molecule has 0 radical (unpaired) electrons. The minimum absolute atomic E-state index is 0. The van der Waals surface area contributed by atoms with E-state index in [1.165, 1.54) is 0 Å². The number of nitrogens with two attached hydrogens (primary N) is 1. The Hall–Kier alpha value is -1.00. The maximum Gasteiger partial charge on any atom is 0.268 e. The highest BCUT2D eigenvalue weighted by atomic mass is 35.5. The van der Waals surface area contributed by atoms with Gasteiger partial charge in [-0.25, -0.2) is 0 Å². The molecule has 1 aromatic heterocycles. The Morgan fingerprint density at radius 1 is 1.59 bits per heavy atom. The number of aromatic amines is 1. The van der Waals surface area contributed by atoms with E-state index in [0.29, 0.717) is 18.2 Å². The minimum Gasteiger partial charge on any atom is -0.357 e. The summed E-state index contributed by atoms with van der Waals surface area (Å²) in [6, 6.07) is 3.55. The number of nitrogens with one attached hydrogen (secondary N) is 2. The quantitative estimate of drug-likeness (QED) is 0.756. The van der Waals surface area contributed by atoms with Gasteiger partial charge < -0.3 is 16.0 Å². The second-order valence-corrected chi connectivity index (χ2v) is 4.90. The highest BCUT2D eigenvalue weighted by Gasteiger charge is 2.26. The fraction of sp³-hybridized carbons (Fsp3) is 0.583. The molecule has 0 saturated heterocycles. The molecule has 1 amide bonds. The number of rotatable bonds is 5. The average molecular weight is 260 g/mol. The lowest BCUT2D eigenvalue weighted by Gasteiger charge is -2.31. The van der Waals surface area contributed by atoms with Crippen molar-refractivity contribution in [3.63, 3.8) is 0 Å². The molecule has 98 valence electrons. The summed E-state index contributed by atoms with van der Waals surface area (Å²) in [6.45, 7) is 6.66. The Morgan fingerprint density at radius 2 is 2.24 bits per heavy atom. The van der Waals surface area contributed by atoms with E-state index in [1.807, 2.05) is 6.92 Å². The van der Waals surface area contributed by atoms with Crippen LogP contribution >= 0.6 is 12.4 Å². The van der Waals surface area contributed by atoms with Gasteiger partial charge in [0.2, 0.25) is 0 Å². The maximum absolute atomic E-state index is 11.9. The first kappa shape index (κ1) is 16.0. The van der Waals surface area contributed by atoms with Crippen LogP contribution in [0.4, 0.5) is 0 Å². The van der Waals surface area contributed by atoms with Gasteiger partial charge in [-0.2, -0.15) is 0 Å². The summed E-state index contributed by atoms with van der Waals surface area (Å²) in [6.07, 6.45) is 2.60. The number of carbonyl (C=O) groups excluding carboxylic acids is 1. The first-order chi connectivity index (χ1) is 7.47. The van der Waals surface area contributed by atoms with Crippen molar-refractivity contribution in [1.29, 1.82) is 0 Å². The zero-order valence-corrected chi connectivity index (χ0v) is 11.4. The molecule has 0 spiro atoms. The standard InChI is InChI=1S/C12H21N3O.ClH/c1-9(2)7-12(3,8-13)15-11(16)10-5-4-6-14-10;/h4-6,9,14H,7-8,13H2,1-3H3,(H,15,16);1H. The van der Waals surface area contributed by atoms with E-state index in [1.54, 1.807) is 18.3 Å². The van der Waals surface area contributed by atoms with E-state index in [0.717, 1.165) is 6.42 Å². The summed E-state index contributed by atoms with van der Waals surface area (Å²) in [5.74, 6) is 0.399. The van der Waals surface area contributed by atoms with E-state index in [9.17, 15) is 4.79 Å². The molecule has 1 rings (SSSR count). The molecule has 1 unspecified atom stereocenters. The Morgan fingerprint density at radius 3 is 2.65 bits per heavy atom. The normalized spacial score (nSPS) is 13.9. The van der Waals surface area contributed by atoms with Crippen molar-refractivity contribution in [2.45, 2.75) is 32.7 Å². The molecule has 17 heavy (non-hydrogen) atoms. The molecule has 0 aliphatic carbocycles. The van der Waals surface area contributed by atoms with Gasteiger partial charge in [0.15, 0.2) is 0 Å². The number of carbonyl (C=O) groups is 1. The van der Waals surface area contributed by atoms with E-state index in [4.69, 9.17) is 5.73 Å². The predicted octanol–water partition coefficient (Wildman–Crippen LogP) is 1.93. The number of halogens is 1.